The highest BCUT2D eigenvalue weighted by Crippen LogP contribution is 2.57. The van der Waals surface area contributed by atoms with Crippen LogP contribution in [0.5, 0.6) is 23.0 Å². The summed E-state index contributed by atoms with van der Waals surface area (Å²) in [5, 5.41) is 5.05. The third-order valence-corrected chi connectivity index (χ3v) is 10.2. The van der Waals surface area contributed by atoms with Crippen molar-refractivity contribution in [1.82, 2.24) is 0 Å². The molecule has 0 bridgehead atoms. The molecule has 55 heavy (non-hydrogen) atoms. The number of carbonyl (C=O) groups excluding carboxylic acids is 2. The molecule has 7 aromatic carbocycles. The lowest BCUT2D eigenvalue weighted by Gasteiger charge is -2.36. The second-order valence-electron chi connectivity index (χ2n) is 13.2. The molecular weight excluding hydrogens is 717 g/mol. The van der Waals surface area contributed by atoms with Crippen molar-refractivity contribution in [1.29, 1.82) is 0 Å². The summed E-state index contributed by atoms with van der Waals surface area (Å²) in [7, 11) is -4.90. The fourth-order valence-electron chi connectivity index (χ4n) is 7.28. The number of hydrogen-bond acceptors (Lipinski definition) is 7. The highest BCUT2D eigenvalue weighted by atomic mass is 31.2. The Hall–Kier alpha value is -6.71. The Kier molecular flexibility index (Phi) is 8.24. The first-order chi connectivity index (χ1) is 26.6. The molecule has 2 aliphatic heterocycles. The van der Waals surface area contributed by atoms with E-state index in [0.29, 0.717) is 39.4 Å². The molecule has 2 aliphatic rings. The lowest BCUT2D eigenvalue weighted by Crippen LogP contribution is -2.33. The Morgan fingerprint density at radius 2 is 1.35 bits per heavy atom. The number of phosphoric ester groups is 1. The third-order valence-electron chi connectivity index (χ3n) is 9.76. The van der Waals surface area contributed by atoms with Gasteiger partial charge in [-0.25, -0.2) is 9.36 Å². The van der Waals surface area contributed by atoms with Crippen LogP contribution in [0, 0.1) is 0 Å². The van der Waals surface area contributed by atoms with Crippen LogP contribution in [0.15, 0.2) is 152 Å². The molecule has 3 N–H and O–H groups in total. The minimum Gasteiger partial charge on any atom is -0.489 e. The number of carbonyl (C=O) groups is 2. The van der Waals surface area contributed by atoms with Crippen LogP contribution in [0.4, 0.5) is 5.69 Å². The molecule has 11 heteroatoms. The summed E-state index contributed by atoms with van der Waals surface area (Å²) in [6, 6.07) is 45.6. The lowest BCUT2D eigenvalue weighted by atomic mass is 9.77. The van der Waals surface area contributed by atoms with Gasteiger partial charge in [0.05, 0.1) is 5.56 Å². The van der Waals surface area contributed by atoms with Gasteiger partial charge in [-0.3, -0.25) is 14.6 Å². The van der Waals surface area contributed by atoms with E-state index in [9.17, 15) is 23.9 Å². The molecule has 0 aromatic heterocycles. The number of nitrogens with one attached hydrogen (secondary N) is 1. The van der Waals surface area contributed by atoms with Gasteiger partial charge in [-0.1, -0.05) is 91.0 Å². The first kappa shape index (κ1) is 34.1. The number of hydrogen-bond donors (Lipinski definition) is 3. The van der Waals surface area contributed by atoms with E-state index in [1.165, 1.54) is 12.1 Å². The SMILES string of the molecule is O=C(Nc1ccc2c(c1)C(=O)OC21c2ccc(OCc3cccc4ccccc34)cc2Oc2cc(OP(=O)(O)O)ccc21)c1ccc(-c2ccccc2)cc1. The number of ether oxygens (including phenoxy) is 3. The van der Waals surface area contributed by atoms with Crippen molar-refractivity contribution in [3.05, 3.63) is 185 Å². The molecule has 0 saturated heterocycles. The van der Waals surface area contributed by atoms with Crippen molar-refractivity contribution in [3.63, 3.8) is 0 Å². The van der Waals surface area contributed by atoms with Gasteiger partial charge in [0.25, 0.3) is 5.91 Å². The molecule has 0 aliphatic carbocycles. The Morgan fingerprint density at radius 1 is 0.691 bits per heavy atom. The third kappa shape index (κ3) is 6.28. The van der Waals surface area contributed by atoms with Crippen LogP contribution >= 0.6 is 7.82 Å². The van der Waals surface area contributed by atoms with Gasteiger partial charge in [-0.2, -0.15) is 0 Å². The quantitative estimate of drug-likeness (QED) is 0.102. The maximum Gasteiger partial charge on any atom is 0.524 e. The largest absolute Gasteiger partial charge is 0.524 e. The van der Waals surface area contributed by atoms with Crippen molar-refractivity contribution in [3.8, 4) is 34.1 Å². The molecule has 9 rings (SSSR count). The first-order valence-corrected chi connectivity index (χ1v) is 18.8. The normalized spacial score (nSPS) is 15.3. The van der Waals surface area contributed by atoms with Crippen LogP contribution in [-0.4, -0.2) is 21.7 Å². The second kappa shape index (κ2) is 13.3. The number of fused-ring (bicyclic) bond motifs is 7. The van der Waals surface area contributed by atoms with Gasteiger partial charge < -0.3 is 24.1 Å². The average molecular weight is 748 g/mol. The topological polar surface area (TPSA) is 141 Å². The summed E-state index contributed by atoms with van der Waals surface area (Å²) in [5.41, 5.74) is 3.94. The van der Waals surface area contributed by atoms with Crippen LogP contribution in [0.2, 0.25) is 0 Å². The van der Waals surface area contributed by atoms with Gasteiger partial charge >= 0.3 is 13.8 Å². The molecule has 1 atom stereocenters. The molecule has 7 aromatic rings. The van der Waals surface area contributed by atoms with E-state index in [0.717, 1.165) is 27.5 Å². The summed E-state index contributed by atoms with van der Waals surface area (Å²) in [6.07, 6.45) is 0. The van der Waals surface area contributed by atoms with Crippen molar-refractivity contribution >= 4 is 36.2 Å². The van der Waals surface area contributed by atoms with Gasteiger partial charge in [0.2, 0.25) is 0 Å². The molecule has 0 fully saturated rings. The average Bonchev–Trinajstić information content (AvgIpc) is 3.47. The number of anilines is 1. The Balaban J connectivity index is 1.06. The molecule has 10 nitrogen and oxygen atoms in total. The van der Waals surface area contributed by atoms with E-state index in [2.05, 4.69) is 5.32 Å². The summed E-state index contributed by atoms with van der Waals surface area (Å²) in [4.78, 5) is 46.1. The smallest absolute Gasteiger partial charge is 0.489 e. The van der Waals surface area contributed by atoms with E-state index in [4.69, 9.17) is 18.7 Å². The highest BCUT2D eigenvalue weighted by molar-refractivity contribution is 7.46. The van der Waals surface area contributed by atoms with Gasteiger partial charge in [0, 0.05) is 40.1 Å². The molecule has 0 radical (unpaired) electrons. The van der Waals surface area contributed by atoms with Crippen molar-refractivity contribution < 1.29 is 42.7 Å². The minimum atomic E-state index is -4.90. The first-order valence-electron chi connectivity index (χ1n) is 17.3. The standard InChI is InChI=1S/C44H30NO9P/c46-42(30-15-13-28(14-16-30)27-7-2-1-3-8-27)45-32-17-20-37-36(23-32)43(47)53-44(37)38-21-18-33(51-26-31-11-6-10-29-9-4-5-12-35(29)31)24-40(38)52-41-25-34(19-22-39(41)44)54-55(48,49)50/h1-25H,26H2,(H,45,46)(H2,48,49,50). The number of esters is 1. The van der Waals surface area contributed by atoms with Gasteiger partial charge in [-0.15, -0.1) is 0 Å². The fraction of sp³-hybridized carbons (Fsp3) is 0.0455. The monoisotopic (exact) mass is 747 g/mol. The Morgan fingerprint density at radius 3 is 2.11 bits per heavy atom. The van der Waals surface area contributed by atoms with Gasteiger partial charge in [0.1, 0.15) is 29.6 Å². The number of phosphoric acid groups is 1. The molecule has 270 valence electrons. The summed E-state index contributed by atoms with van der Waals surface area (Å²) >= 11 is 0. The highest BCUT2D eigenvalue weighted by Gasteiger charge is 2.54. The fourth-order valence-corrected chi connectivity index (χ4v) is 7.67. The molecule has 1 spiro atoms. The predicted octanol–water partition coefficient (Wildman–Crippen LogP) is 9.38. The van der Waals surface area contributed by atoms with Crippen LogP contribution in [0.3, 0.4) is 0 Å². The lowest BCUT2D eigenvalue weighted by molar-refractivity contribution is 0.0224. The van der Waals surface area contributed by atoms with E-state index < -0.39 is 19.4 Å². The summed E-state index contributed by atoms with van der Waals surface area (Å²) in [5.74, 6) is -0.199. The number of benzene rings is 7. The Bertz CT molecular complexity index is 2700. The van der Waals surface area contributed by atoms with E-state index in [1.54, 1.807) is 54.6 Å². The molecule has 1 unspecified atom stereocenters. The van der Waals surface area contributed by atoms with Crippen molar-refractivity contribution in [2.45, 2.75) is 12.2 Å². The van der Waals surface area contributed by atoms with E-state index >= 15 is 0 Å². The number of amides is 1. The molecular formula is C44H30NO9P. The predicted molar refractivity (Wildman–Crippen MR) is 205 cm³/mol. The zero-order chi connectivity index (χ0) is 37.7. The van der Waals surface area contributed by atoms with Gasteiger partial charge in [0.15, 0.2) is 5.60 Å². The van der Waals surface area contributed by atoms with Crippen molar-refractivity contribution in [2.24, 2.45) is 0 Å². The number of rotatable bonds is 8. The molecule has 2 heterocycles. The van der Waals surface area contributed by atoms with Crippen LogP contribution < -0.4 is 19.3 Å². The molecule has 0 saturated carbocycles. The summed E-state index contributed by atoms with van der Waals surface area (Å²) in [6.45, 7) is 0.269. The van der Waals surface area contributed by atoms with Crippen LogP contribution in [0.1, 0.15) is 43.0 Å². The van der Waals surface area contributed by atoms with Crippen LogP contribution in [0.25, 0.3) is 21.9 Å². The minimum absolute atomic E-state index is 0.145. The maximum atomic E-state index is 13.8. The zero-order valence-corrected chi connectivity index (χ0v) is 29.7. The van der Waals surface area contributed by atoms with Gasteiger partial charge in [-0.05, 0) is 76.0 Å². The maximum absolute atomic E-state index is 13.8. The zero-order valence-electron chi connectivity index (χ0n) is 28.8. The van der Waals surface area contributed by atoms with E-state index in [-0.39, 0.29) is 29.6 Å². The molecule has 1 amide bonds. The van der Waals surface area contributed by atoms with Crippen molar-refractivity contribution in [2.75, 3.05) is 5.32 Å². The van der Waals surface area contributed by atoms with Crippen LogP contribution in [-0.2, 0) is 21.5 Å². The second-order valence-corrected chi connectivity index (χ2v) is 14.3. The Labute approximate surface area is 314 Å². The summed E-state index contributed by atoms with van der Waals surface area (Å²) < 4.78 is 35.5. The van der Waals surface area contributed by atoms with E-state index in [1.807, 2.05) is 84.9 Å².